The van der Waals surface area contributed by atoms with Gasteiger partial charge in [-0.15, -0.1) is 0 Å². The molecule has 4 N–H and O–H groups in total. The van der Waals surface area contributed by atoms with Gasteiger partial charge in [0.25, 0.3) is 0 Å². The van der Waals surface area contributed by atoms with Crippen LogP contribution in [-0.2, 0) is 11.2 Å². The number of aromatic nitrogens is 2. The minimum Gasteiger partial charge on any atom is -0.374 e. The molecule has 9 nitrogen and oxygen atoms in total. The number of carbonyl (C=O) groups is 2. The zero-order valence-corrected chi connectivity index (χ0v) is 17.7. The van der Waals surface area contributed by atoms with Gasteiger partial charge in [0, 0.05) is 56.7 Å². The number of carbonyl (C=O) groups excluding carboxylic acids is 2. The lowest BCUT2D eigenvalue weighted by molar-refractivity contribution is -0.118. The van der Waals surface area contributed by atoms with Crippen molar-refractivity contribution in [1.29, 1.82) is 0 Å². The van der Waals surface area contributed by atoms with Gasteiger partial charge >= 0.3 is 6.03 Å². The molecule has 9 heteroatoms. The van der Waals surface area contributed by atoms with Crippen LogP contribution in [0.25, 0.3) is 0 Å². The molecule has 1 aromatic heterocycles. The molecule has 0 saturated carbocycles. The van der Waals surface area contributed by atoms with Crippen molar-refractivity contribution >= 4 is 35.1 Å². The fourth-order valence-corrected chi connectivity index (χ4v) is 3.41. The van der Waals surface area contributed by atoms with Crippen LogP contribution in [0, 0.1) is 6.92 Å². The summed E-state index contributed by atoms with van der Waals surface area (Å²) in [6.45, 7) is 5.62. The molecule has 3 rings (SSSR count). The number of anilines is 4. The summed E-state index contributed by atoms with van der Waals surface area (Å²) in [4.78, 5) is 34.2. The first-order chi connectivity index (χ1) is 14.4. The molecule has 0 radical (unpaired) electrons. The Kier molecular flexibility index (Phi) is 7.05. The number of hydrogen-bond acceptors (Lipinski definition) is 6. The highest BCUT2D eigenvalue weighted by molar-refractivity contribution is 5.99. The Morgan fingerprint density at radius 1 is 1.13 bits per heavy atom. The van der Waals surface area contributed by atoms with Crippen LogP contribution in [0.2, 0.25) is 0 Å². The van der Waals surface area contributed by atoms with Gasteiger partial charge in [-0.2, -0.15) is 4.98 Å². The van der Waals surface area contributed by atoms with E-state index in [-0.39, 0.29) is 17.9 Å². The Morgan fingerprint density at radius 2 is 1.97 bits per heavy atom. The first kappa shape index (κ1) is 21.4. The van der Waals surface area contributed by atoms with Gasteiger partial charge in [0.2, 0.25) is 11.9 Å². The van der Waals surface area contributed by atoms with Crippen LogP contribution in [0.3, 0.4) is 0 Å². The van der Waals surface area contributed by atoms with Crippen molar-refractivity contribution in [2.45, 2.75) is 33.1 Å². The number of urea groups is 1. The molecule has 1 aromatic carbocycles. The molecule has 2 aromatic rings. The summed E-state index contributed by atoms with van der Waals surface area (Å²) in [5.41, 5.74) is 3.93. The predicted octanol–water partition coefficient (Wildman–Crippen LogP) is 2.75. The quantitative estimate of drug-likeness (QED) is 0.522. The number of fused-ring (bicyclic) bond motifs is 1. The number of benzene rings is 1. The summed E-state index contributed by atoms with van der Waals surface area (Å²) in [7, 11) is 2.08. The van der Waals surface area contributed by atoms with Crippen molar-refractivity contribution in [2.24, 2.45) is 0 Å². The van der Waals surface area contributed by atoms with Crippen LogP contribution in [0.15, 0.2) is 24.3 Å². The van der Waals surface area contributed by atoms with Gasteiger partial charge in [-0.05, 0) is 49.9 Å². The van der Waals surface area contributed by atoms with Gasteiger partial charge < -0.3 is 20.9 Å². The van der Waals surface area contributed by atoms with Gasteiger partial charge in [0.05, 0.1) is 0 Å². The molecular formula is C21H29N7O2. The van der Waals surface area contributed by atoms with Crippen molar-refractivity contribution in [1.82, 2.24) is 15.3 Å². The summed E-state index contributed by atoms with van der Waals surface area (Å²) in [6, 6.07) is 7.38. The smallest absolute Gasteiger partial charge is 0.326 e. The lowest BCUT2D eigenvalue weighted by atomic mass is 10.0. The van der Waals surface area contributed by atoms with Crippen LogP contribution >= 0.6 is 0 Å². The lowest BCUT2D eigenvalue weighted by Gasteiger charge is -2.27. The molecule has 30 heavy (non-hydrogen) atoms. The van der Waals surface area contributed by atoms with Crippen molar-refractivity contribution in [3.8, 4) is 0 Å². The Bertz CT molecular complexity index is 916. The second-order valence-electron chi connectivity index (χ2n) is 7.43. The fourth-order valence-electron chi connectivity index (χ4n) is 3.41. The van der Waals surface area contributed by atoms with E-state index in [9.17, 15) is 9.59 Å². The van der Waals surface area contributed by atoms with Gasteiger partial charge in [0.1, 0.15) is 5.82 Å². The minimum absolute atomic E-state index is 0.0451. The zero-order valence-electron chi connectivity index (χ0n) is 17.7. The molecule has 0 spiro atoms. The monoisotopic (exact) mass is 411 g/mol. The third-order valence-electron chi connectivity index (χ3n) is 4.80. The number of hydrogen-bond donors (Lipinski definition) is 4. The third-order valence-corrected chi connectivity index (χ3v) is 4.80. The largest absolute Gasteiger partial charge is 0.374 e. The molecule has 0 unspecified atom stereocenters. The summed E-state index contributed by atoms with van der Waals surface area (Å²) in [5.74, 6) is 0.809. The van der Waals surface area contributed by atoms with E-state index in [2.05, 4.69) is 43.2 Å². The summed E-state index contributed by atoms with van der Waals surface area (Å²) < 4.78 is 0. The van der Waals surface area contributed by atoms with Crippen LogP contribution in [0.4, 0.5) is 27.9 Å². The predicted molar refractivity (Wildman–Crippen MR) is 119 cm³/mol. The van der Waals surface area contributed by atoms with Crippen LogP contribution < -0.4 is 26.2 Å². The minimum atomic E-state index is -0.388. The van der Waals surface area contributed by atoms with Gasteiger partial charge in [0.15, 0.2) is 0 Å². The number of amides is 3. The number of aryl methyl sites for hydroxylation is 2. The summed E-state index contributed by atoms with van der Waals surface area (Å²) in [5, 5.41) is 11.5. The summed E-state index contributed by atoms with van der Waals surface area (Å²) >= 11 is 0. The normalized spacial score (nSPS) is 12.7. The molecule has 0 atom stereocenters. The van der Waals surface area contributed by atoms with E-state index in [0.717, 1.165) is 37.2 Å². The van der Waals surface area contributed by atoms with Crippen molar-refractivity contribution in [3.05, 3.63) is 35.5 Å². The molecular weight excluding hydrogens is 382 g/mol. The third kappa shape index (κ3) is 6.07. The molecule has 0 bridgehead atoms. The van der Waals surface area contributed by atoms with Crippen molar-refractivity contribution < 1.29 is 9.59 Å². The maximum Gasteiger partial charge on any atom is 0.326 e. The van der Waals surface area contributed by atoms with E-state index in [1.807, 2.05) is 31.2 Å². The Hall–Kier alpha value is -3.36. The number of rotatable bonds is 7. The lowest BCUT2D eigenvalue weighted by Crippen LogP contribution is -2.25. The second kappa shape index (κ2) is 9.91. The highest BCUT2D eigenvalue weighted by atomic mass is 16.2. The van der Waals surface area contributed by atoms with E-state index in [1.165, 1.54) is 18.2 Å². The molecule has 0 fully saturated rings. The van der Waals surface area contributed by atoms with E-state index < -0.39 is 0 Å². The summed E-state index contributed by atoms with van der Waals surface area (Å²) in [6.07, 6.45) is 2.88. The Balaban J connectivity index is 1.56. The maximum absolute atomic E-state index is 12.4. The van der Waals surface area contributed by atoms with Gasteiger partial charge in [-0.3, -0.25) is 10.1 Å². The van der Waals surface area contributed by atoms with Gasteiger partial charge in [-0.25, -0.2) is 9.78 Å². The van der Waals surface area contributed by atoms with Crippen LogP contribution in [-0.4, -0.2) is 48.6 Å². The van der Waals surface area contributed by atoms with E-state index in [4.69, 9.17) is 0 Å². The molecule has 1 aliphatic heterocycles. The number of nitrogens with one attached hydrogen (secondary N) is 4. The van der Waals surface area contributed by atoms with Gasteiger partial charge in [-0.1, -0.05) is 0 Å². The highest BCUT2D eigenvalue weighted by Crippen LogP contribution is 2.28. The first-order valence-corrected chi connectivity index (χ1v) is 10.2. The van der Waals surface area contributed by atoms with Crippen molar-refractivity contribution in [3.63, 3.8) is 0 Å². The van der Waals surface area contributed by atoms with Crippen molar-refractivity contribution in [2.75, 3.05) is 47.5 Å². The Labute approximate surface area is 176 Å². The highest BCUT2D eigenvalue weighted by Gasteiger charge is 2.15. The average Bonchev–Trinajstić information content (AvgIpc) is 2.67. The molecule has 1 aliphatic rings. The topological polar surface area (TPSA) is 111 Å². The molecule has 160 valence electrons. The second-order valence-corrected chi connectivity index (χ2v) is 7.43. The van der Waals surface area contributed by atoms with E-state index >= 15 is 0 Å². The standard InChI is InChI=1S/C21H29N7O2/c1-14-12-19(23-10-5-9-22-15(2)29)26-20(24-14)27-21(30)25-17-7-8-18-16(13-17)6-4-11-28(18)3/h7-8,12-13H,4-6,9-11H2,1-3H3,(H,22,29)(H3,23,24,25,26,27,30). The molecule has 0 aliphatic carbocycles. The van der Waals surface area contributed by atoms with E-state index in [1.54, 1.807) is 0 Å². The Morgan fingerprint density at radius 3 is 2.77 bits per heavy atom. The zero-order chi connectivity index (χ0) is 21.5. The van der Waals surface area contributed by atoms with E-state index in [0.29, 0.717) is 18.9 Å². The SMILES string of the molecule is CC(=O)NCCCNc1cc(C)nc(NC(=O)Nc2ccc3c(c2)CCCN3C)n1. The van der Waals surface area contributed by atoms with Crippen LogP contribution in [0.1, 0.15) is 31.0 Å². The first-order valence-electron chi connectivity index (χ1n) is 10.2. The molecule has 2 heterocycles. The molecule has 3 amide bonds. The van der Waals surface area contributed by atoms with Crippen LogP contribution in [0.5, 0.6) is 0 Å². The number of nitrogens with zero attached hydrogens (tertiary/aromatic N) is 3. The fraction of sp³-hybridized carbons (Fsp3) is 0.429. The maximum atomic E-state index is 12.4. The molecule has 0 saturated heterocycles. The average molecular weight is 412 g/mol.